The molecule has 0 bridgehead atoms. The number of pyridine rings is 1. The molecule has 3 aliphatic heterocycles. The van der Waals surface area contributed by atoms with Crippen LogP contribution in [-0.2, 0) is 14.2 Å². The van der Waals surface area contributed by atoms with Gasteiger partial charge in [-0.3, -0.25) is 0 Å². The molecule has 8 heteroatoms. The van der Waals surface area contributed by atoms with Gasteiger partial charge in [0.1, 0.15) is 6.10 Å². The van der Waals surface area contributed by atoms with Crippen LogP contribution in [-0.4, -0.2) is 67.8 Å². The molecule has 31 heavy (non-hydrogen) atoms. The van der Waals surface area contributed by atoms with Gasteiger partial charge >= 0.3 is 0 Å². The van der Waals surface area contributed by atoms with Crippen molar-refractivity contribution in [1.29, 1.82) is 0 Å². The lowest BCUT2D eigenvalue weighted by Gasteiger charge is -2.28. The molecule has 0 saturated carbocycles. The fourth-order valence-corrected chi connectivity index (χ4v) is 4.88. The molecule has 3 atom stereocenters. The summed E-state index contributed by atoms with van der Waals surface area (Å²) in [6.07, 6.45) is 0.975. The number of anilines is 1. The number of aromatic amines is 1. The normalized spacial score (nSPS) is 25.8. The largest absolute Gasteiger partial charge is 0.470 e. The van der Waals surface area contributed by atoms with E-state index in [2.05, 4.69) is 34.1 Å². The molecule has 3 aromatic rings. The zero-order valence-electron chi connectivity index (χ0n) is 17.1. The molecule has 0 radical (unpaired) electrons. The van der Waals surface area contributed by atoms with Crippen LogP contribution in [0.1, 0.15) is 6.42 Å². The van der Waals surface area contributed by atoms with Crippen molar-refractivity contribution < 1.29 is 18.9 Å². The number of nitrogens with one attached hydrogen (secondary N) is 1. The number of rotatable bonds is 4. The molecule has 2 unspecified atom stereocenters. The Labute approximate surface area is 185 Å². The highest BCUT2D eigenvalue weighted by Crippen LogP contribution is 2.34. The number of fused-ring (bicyclic) bond motifs is 2. The monoisotopic (exact) mass is 441 g/mol. The third-order valence-electron chi connectivity index (χ3n) is 6.25. The van der Waals surface area contributed by atoms with Crippen LogP contribution in [0, 0.1) is 0 Å². The molecule has 1 N–H and O–H groups in total. The summed E-state index contributed by atoms with van der Waals surface area (Å²) in [6.45, 7) is 4.63. The lowest BCUT2D eigenvalue weighted by atomic mass is 10.1. The van der Waals surface area contributed by atoms with E-state index in [0.717, 1.165) is 61.6 Å². The Morgan fingerprint density at radius 1 is 1.06 bits per heavy atom. The topological polar surface area (TPSA) is 68.8 Å². The lowest BCUT2D eigenvalue weighted by Crippen LogP contribution is -2.36. The van der Waals surface area contributed by atoms with E-state index in [9.17, 15) is 0 Å². The van der Waals surface area contributed by atoms with Crippen molar-refractivity contribution in [2.75, 3.05) is 44.4 Å². The molecule has 0 spiro atoms. The van der Waals surface area contributed by atoms with Crippen molar-refractivity contribution >= 4 is 28.3 Å². The summed E-state index contributed by atoms with van der Waals surface area (Å²) in [5, 5.41) is 0.600. The van der Waals surface area contributed by atoms with Gasteiger partial charge in [-0.2, -0.15) is 0 Å². The Balaban J connectivity index is 1.24. The first-order valence-electron chi connectivity index (χ1n) is 10.8. The van der Waals surface area contributed by atoms with Gasteiger partial charge in [-0.15, -0.1) is 0 Å². The number of hydrogen-bond acceptors (Lipinski definition) is 6. The van der Waals surface area contributed by atoms with Gasteiger partial charge in [-0.1, -0.05) is 23.7 Å². The predicted octanol–water partition coefficient (Wildman–Crippen LogP) is 3.66. The van der Waals surface area contributed by atoms with Gasteiger partial charge in [0, 0.05) is 37.0 Å². The summed E-state index contributed by atoms with van der Waals surface area (Å²) in [7, 11) is 0. The van der Waals surface area contributed by atoms with Crippen LogP contribution in [0.2, 0.25) is 5.02 Å². The maximum atomic E-state index is 6.59. The first-order valence-corrected chi connectivity index (χ1v) is 11.1. The van der Waals surface area contributed by atoms with E-state index < -0.39 is 0 Å². The van der Waals surface area contributed by atoms with Crippen LogP contribution in [0.4, 0.5) is 5.69 Å². The van der Waals surface area contributed by atoms with Gasteiger partial charge in [0.2, 0.25) is 0 Å². The molecule has 0 amide bonds. The number of nitrogens with zero attached hydrogens (tertiary/aromatic N) is 2. The zero-order chi connectivity index (χ0) is 20.8. The molecule has 2 aromatic heterocycles. The summed E-state index contributed by atoms with van der Waals surface area (Å²) in [4.78, 5) is 10.4. The molecule has 0 aliphatic carbocycles. The molecular weight excluding hydrogens is 418 g/mol. The van der Waals surface area contributed by atoms with Crippen LogP contribution in [0.3, 0.4) is 0 Å². The Hall–Kier alpha value is -2.32. The van der Waals surface area contributed by atoms with Crippen LogP contribution in [0.15, 0.2) is 36.4 Å². The Morgan fingerprint density at radius 3 is 2.74 bits per heavy atom. The van der Waals surface area contributed by atoms with E-state index in [1.54, 1.807) is 0 Å². The van der Waals surface area contributed by atoms with Crippen molar-refractivity contribution in [2.24, 2.45) is 0 Å². The molecule has 1 aromatic carbocycles. The molecule has 5 heterocycles. The van der Waals surface area contributed by atoms with Crippen molar-refractivity contribution in [3.05, 3.63) is 41.4 Å². The minimum Gasteiger partial charge on any atom is -0.470 e. The van der Waals surface area contributed by atoms with E-state index in [1.807, 2.05) is 12.1 Å². The molecular formula is C23H24ClN3O4. The quantitative estimate of drug-likeness (QED) is 0.666. The van der Waals surface area contributed by atoms with Gasteiger partial charge in [-0.05, 0) is 24.6 Å². The fraction of sp³-hybridized carbons (Fsp3) is 0.435. The average Bonchev–Trinajstić information content (AvgIpc) is 3.51. The number of ether oxygens (including phenoxy) is 4. The molecule has 3 aliphatic rings. The molecule has 3 fully saturated rings. The van der Waals surface area contributed by atoms with Crippen molar-refractivity contribution in [2.45, 2.75) is 24.7 Å². The standard InChI is InChI=1S/C23H24ClN3O4/c24-16-11-17-18(12-21(25-17)31-20-13-30-19-5-8-29-23(19)20)26-22(16)14-1-3-15(4-2-14)27-6-9-28-10-7-27/h1-4,11-12,19-20,23,25H,5-10,13H2/t19?,20-,23?/m1/s1. The number of benzene rings is 1. The van der Waals surface area contributed by atoms with E-state index >= 15 is 0 Å². The number of morpholine rings is 1. The maximum Gasteiger partial charge on any atom is 0.193 e. The van der Waals surface area contributed by atoms with Crippen LogP contribution >= 0.6 is 11.6 Å². The van der Waals surface area contributed by atoms with Gasteiger partial charge in [0.15, 0.2) is 12.0 Å². The van der Waals surface area contributed by atoms with Crippen LogP contribution < -0.4 is 9.64 Å². The molecule has 7 nitrogen and oxygen atoms in total. The second-order valence-corrected chi connectivity index (χ2v) is 8.59. The summed E-state index contributed by atoms with van der Waals surface area (Å²) in [5.41, 5.74) is 4.59. The van der Waals surface area contributed by atoms with Crippen LogP contribution in [0.5, 0.6) is 5.88 Å². The van der Waals surface area contributed by atoms with E-state index in [4.69, 9.17) is 35.5 Å². The van der Waals surface area contributed by atoms with Gasteiger partial charge in [0.05, 0.1) is 47.7 Å². The lowest BCUT2D eigenvalue weighted by molar-refractivity contribution is 0.0292. The van der Waals surface area contributed by atoms with Crippen molar-refractivity contribution in [1.82, 2.24) is 9.97 Å². The highest BCUT2D eigenvalue weighted by Gasteiger charge is 2.43. The van der Waals surface area contributed by atoms with Crippen LogP contribution in [0.25, 0.3) is 22.3 Å². The minimum absolute atomic E-state index is 0.00324. The van der Waals surface area contributed by atoms with Gasteiger partial charge in [0.25, 0.3) is 0 Å². The third kappa shape index (κ3) is 3.65. The summed E-state index contributed by atoms with van der Waals surface area (Å²) in [5.74, 6) is 0.656. The van der Waals surface area contributed by atoms with Gasteiger partial charge < -0.3 is 28.8 Å². The summed E-state index contributed by atoms with van der Waals surface area (Å²) < 4.78 is 23.1. The summed E-state index contributed by atoms with van der Waals surface area (Å²) >= 11 is 6.59. The number of halogens is 1. The SMILES string of the molecule is Clc1cc2[nH]c(O[C@@H]3COC4CCOC43)cc2nc1-c1ccc(N2CCOCC2)cc1. The highest BCUT2D eigenvalue weighted by atomic mass is 35.5. The molecule has 3 saturated heterocycles. The average molecular weight is 442 g/mol. The van der Waals surface area contributed by atoms with E-state index in [1.165, 1.54) is 5.69 Å². The van der Waals surface area contributed by atoms with Gasteiger partial charge in [-0.25, -0.2) is 4.98 Å². The Bertz CT molecular complexity index is 1080. The summed E-state index contributed by atoms with van der Waals surface area (Å²) in [6, 6.07) is 12.2. The number of aromatic nitrogens is 2. The molecule has 6 rings (SSSR count). The number of H-pyrrole nitrogens is 1. The minimum atomic E-state index is -0.108. The Morgan fingerprint density at radius 2 is 1.90 bits per heavy atom. The first-order chi connectivity index (χ1) is 15.2. The Kier molecular flexibility index (Phi) is 4.99. The van der Waals surface area contributed by atoms with Crippen molar-refractivity contribution in [3.63, 3.8) is 0 Å². The van der Waals surface area contributed by atoms with E-state index in [0.29, 0.717) is 17.5 Å². The number of hydrogen-bond donors (Lipinski definition) is 1. The fourth-order valence-electron chi connectivity index (χ4n) is 4.62. The molecule has 162 valence electrons. The second kappa shape index (κ2) is 7.98. The van der Waals surface area contributed by atoms with E-state index in [-0.39, 0.29) is 18.3 Å². The first kappa shape index (κ1) is 19.4. The van der Waals surface area contributed by atoms with Crippen molar-refractivity contribution in [3.8, 4) is 17.1 Å². The second-order valence-electron chi connectivity index (χ2n) is 8.18. The zero-order valence-corrected chi connectivity index (χ0v) is 17.8. The predicted molar refractivity (Wildman–Crippen MR) is 118 cm³/mol. The highest BCUT2D eigenvalue weighted by molar-refractivity contribution is 6.33. The maximum absolute atomic E-state index is 6.59. The smallest absolute Gasteiger partial charge is 0.193 e. The third-order valence-corrected chi connectivity index (χ3v) is 6.53.